The van der Waals surface area contributed by atoms with Gasteiger partial charge in [-0.15, -0.1) is 0 Å². The predicted molar refractivity (Wildman–Crippen MR) is 43.6 cm³/mol. The van der Waals surface area contributed by atoms with Gasteiger partial charge in [-0.05, 0) is 11.6 Å². The fourth-order valence-electron chi connectivity index (χ4n) is 0.788. The lowest BCUT2D eigenvalue weighted by molar-refractivity contribution is 0.557. The van der Waals surface area contributed by atoms with E-state index in [0.717, 1.165) is 11.3 Å². The maximum absolute atomic E-state index is 11.8. The molecule has 10 heavy (non-hydrogen) atoms. The lowest BCUT2D eigenvalue weighted by Crippen LogP contribution is -2.38. The molecule has 1 N–H and O–H groups in total. The highest BCUT2D eigenvalue weighted by Crippen LogP contribution is 2.19. The van der Waals surface area contributed by atoms with Crippen molar-refractivity contribution >= 4 is 11.9 Å². The second kappa shape index (κ2) is 3.78. The van der Waals surface area contributed by atoms with Crippen LogP contribution in [-0.4, -0.2) is 18.5 Å². The first-order valence-electron chi connectivity index (χ1n) is 3.14. The van der Waals surface area contributed by atoms with Gasteiger partial charge in [0.25, 0.3) is 0 Å². The molecule has 0 radical (unpaired) electrons. The second-order valence-electron chi connectivity index (χ2n) is 2.04. The Kier molecular flexibility index (Phi) is 2.96. The van der Waals surface area contributed by atoms with Gasteiger partial charge in [-0.25, -0.2) is 4.39 Å². The molecule has 0 saturated carbocycles. The highest BCUT2D eigenvalue weighted by atomic mass is 32.2. The molecule has 1 fully saturated rings. The van der Waals surface area contributed by atoms with Crippen LogP contribution in [0.2, 0.25) is 0 Å². The molecular formula is C7H10FNS. The van der Waals surface area contributed by atoms with Gasteiger partial charge in [-0.1, -0.05) is 24.6 Å². The average molecular weight is 159 g/mol. The fraction of sp³-hybridized carbons (Fsp3) is 0.429. The molecule has 1 aliphatic rings. The van der Waals surface area contributed by atoms with Gasteiger partial charge in [-0.3, -0.25) is 4.72 Å². The van der Waals surface area contributed by atoms with E-state index < -0.39 is 6.67 Å². The van der Waals surface area contributed by atoms with Crippen molar-refractivity contribution in [2.45, 2.75) is 6.04 Å². The Hall–Kier alpha value is -0.280. The third-order valence-electron chi connectivity index (χ3n) is 1.43. The number of allylic oxidation sites excluding steroid dienone is 1. The number of hydrogen-bond acceptors (Lipinski definition) is 2. The van der Waals surface area contributed by atoms with Crippen LogP contribution in [0.4, 0.5) is 4.39 Å². The van der Waals surface area contributed by atoms with Gasteiger partial charge in [0, 0.05) is 5.75 Å². The van der Waals surface area contributed by atoms with Crippen LogP contribution in [0.15, 0.2) is 24.3 Å². The highest BCUT2D eigenvalue weighted by molar-refractivity contribution is 7.98. The highest BCUT2D eigenvalue weighted by Gasteiger charge is 2.19. The third kappa shape index (κ3) is 1.61. The zero-order valence-electron chi connectivity index (χ0n) is 5.64. The van der Waals surface area contributed by atoms with Crippen molar-refractivity contribution in [1.29, 1.82) is 0 Å². The minimum atomic E-state index is -0.399. The molecule has 0 spiro atoms. The topological polar surface area (TPSA) is 12.0 Å². The minimum absolute atomic E-state index is 0.332. The predicted octanol–water partition coefficient (Wildman–Crippen LogP) is 1.69. The molecule has 0 aromatic carbocycles. The van der Waals surface area contributed by atoms with Gasteiger partial charge in [0.15, 0.2) is 0 Å². The Morgan fingerprint density at radius 2 is 2.60 bits per heavy atom. The van der Waals surface area contributed by atoms with E-state index in [2.05, 4.69) is 11.3 Å². The molecule has 1 heterocycles. The Morgan fingerprint density at radius 1 is 1.90 bits per heavy atom. The molecule has 3 heteroatoms. The van der Waals surface area contributed by atoms with Gasteiger partial charge in [0.05, 0.1) is 6.04 Å². The van der Waals surface area contributed by atoms with Gasteiger partial charge < -0.3 is 0 Å². The molecule has 1 nitrogen and oxygen atoms in total. The molecule has 1 rings (SSSR count). The molecule has 0 aromatic rings. The molecule has 0 aliphatic carbocycles. The summed E-state index contributed by atoms with van der Waals surface area (Å²) in [4.78, 5) is 0. The van der Waals surface area contributed by atoms with E-state index in [1.54, 1.807) is 24.1 Å². The third-order valence-corrected chi connectivity index (χ3v) is 2.38. The summed E-state index contributed by atoms with van der Waals surface area (Å²) in [6.45, 7) is 3.20. The molecule has 1 saturated heterocycles. The van der Waals surface area contributed by atoms with Crippen LogP contribution in [0.25, 0.3) is 0 Å². The molecular weight excluding hydrogens is 149 g/mol. The summed E-state index contributed by atoms with van der Waals surface area (Å²) in [6.07, 6.45) is 3.27. The Morgan fingerprint density at radius 3 is 2.90 bits per heavy atom. The second-order valence-corrected chi connectivity index (χ2v) is 2.90. The summed E-state index contributed by atoms with van der Waals surface area (Å²) in [5, 5.41) is 0. The fourth-order valence-corrected chi connectivity index (χ4v) is 1.45. The van der Waals surface area contributed by atoms with E-state index >= 15 is 0 Å². The van der Waals surface area contributed by atoms with Crippen molar-refractivity contribution in [1.82, 2.24) is 4.72 Å². The lowest BCUT2D eigenvalue weighted by Gasteiger charge is -2.27. The van der Waals surface area contributed by atoms with Crippen molar-refractivity contribution in [3.05, 3.63) is 24.3 Å². The van der Waals surface area contributed by atoms with Gasteiger partial charge in [-0.2, -0.15) is 0 Å². The van der Waals surface area contributed by atoms with E-state index in [9.17, 15) is 4.39 Å². The Bertz CT molecular complexity index is 152. The van der Waals surface area contributed by atoms with Crippen LogP contribution in [0, 0.1) is 0 Å². The van der Waals surface area contributed by atoms with Crippen LogP contribution >= 0.6 is 11.9 Å². The number of hydrogen-bond donors (Lipinski definition) is 1. The number of alkyl halides is 1. The first-order valence-corrected chi connectivity index (χ1v) is 4.13. The standard InChI is InChI=1S/C7H10FNS/c1-2-6(3-4-8)7-5-10-9-7/h2-3,7,9H,1,4-5H2/b6-3+. The van der Waals surface area contributed by atoms with Crippen molar-refractivity contribution in [3.8, 4) is 0 Å². The van der Waals surface area contributed by atoms with Crippen LogP contribution in [0.3, 0.4) is 0 Å². The Labute approximate surface area is 64.5 Å². The van der Waals surface area contributed by atoms with E-state index in [1.807, 2.05) is 0 Å². The summed E-state index contributed by atoms with van der Waals surface area (Å²) < 4.78 is 14.9. The molecule has 0 amide bonds. The van der Waals surface area contributed by atoms with Gasteiger partial charge in [0.2, 0.25) is 0 Å². The summed E-state index contributed by atoms with van der Waals surface area (Å²) in [5.74, 6) is 1.03. The maximum Gasteiger partial charge on any atom is 0.108 e. The zero-order chi connectivity index (χ0) is 7.40. The molecule has 1 unspecified atom stereocenters. The molecule has 0 bridgehead atoms. The van der Waals surface area contributed by atoms with Crippen molar-refractivity contribution in [2.75, 3.05) is 12.4 Å². The quantitative estimate of drug-likeness (QED) is 0.497. The Balaban J connectivity index is 2.46. The first-order chi connectivity index (χ1) is 4.88. The van der Waals surface area contributed by atoms with Crippen molar-refractivity contribution in [3.63, 3.8) is 0 Å². The zero-order valence-corrected chi connectivity index (χ0v) is 6.46. The van der Waals surface area contributed by atoms with Crippen LogP contribution in [0.1, 0.15) is 0 Å². The van der Waals surface area contributed by atoms with Crippen LogP contribution in [-0.2, 0) is 0 Å². The molecule has 56 valence electrons. The van der Waals surface area contributed by atoms with Gasteiger partial charge >= 0.3 is 0 Å². The summed E-state index contributed by atoms with van der Waals surface area (Å²) >= 11 is 1.65. The minimum Gasteiger partial charge on any atom is -0.256 e. The average Bonchev–Trinajstić information content (AvgIpc) is 1.83. The van der Waals surface area contributed by atoms with E-state index in [4.69, 9.17) is 0 Å². The number of rotatable bonds is 3. The number of halogens is 1. The van der Waals surface area contributed by atoms with Crippen molar-refractivity contribution < 1.29 is 4.39 Å². The smallest absolute Gasteiger partial charge is 0.108 e. The van der Waals surface area contributed by atoms with Crippen molar-refractivity contribution in [2.24, 2.45) is 0 Å². The maximum atomic E-state index is 11.8. The summed E-state index contributed by atoms with van der Waals surface area (Å²) in [6, 6.07) is 0.332. The largest absolute Gasteiger partial charge is 0.256 e. The molecule has 1 aliphatic heterocycles. The van der Waals surface area contributed by atoms with E-state index in [-0.39, 0.29) is 0 Å². The van der Waals surface area contributed by atoms with Gasteiger partial charge in [0.1, 0.15) is 6.67 Å². The summed E-state index contributed by atoms with van der Waals surface area (Å²) in [5.41, 5.74) is 0.973. The first kappa shape index (κ1) is 7.82. The van der Waals surface area contributed by atoms with Crippen LogP contribution in [0.5, 0.6) is 0 Å². The van der Waals surface area contributed by atoms with E-state index in [1.165, 1.54) is 0 Å². The molecule has 1 atom stereocenters. The van der Waals surface area contributed by atoms with E-state index in [0.29, 0.717) is 6.04 Å². The monoisotopic (exact) mass is 159 g/mol. The molecule has 0 aromatic heterocycles. The lowest BCUT2D eigenvalue weighted by atomic mass is 10.1. The van der Waals surface area contributed by atoms with Crippen LogP contribution < -0.4 is 4.72 Å². The normalized spacial score (nSPS) is 25.7. The summed E-state index contributed by atoms with van der Waals surface area (Å²) in [7, 11) is 0. The SMILES string of the molecule is C=C/C(=C\CF)C1CSN1. The number of nitrogens with one attached hydrogen (secondary N) is 1.